The average Bonchev–Trinajstić information content (AvgIpc) is 3.41. The van der Waals surface area contributed by atoms with Crippen molar-refractivity contribution in [3.8, 4) is 0 Å². The summed E-state index contributed by atoms with van der Waals surface area (Å²) >= 11 is 13.2. The second kappa shape index (κ2) is 10.1. The first-order chi connectivity index (χ1) is 17.3. The van der Waals surface area contributed by atoms with Gasteiger partial charge in [0.25, 0.3) is 0 Å². The van der Waals surface area contributed by atoms with Crippen molar-refractivity contribution < 1.29 is 9.59 Å². The zero-order chi connectivity index (χ0) is 25.4. The number of anilines is 1. The van der Waals surface area contributed by atoms with E-state index in [1.165, 1.54) is 0 Å². The predicted octanol–water partition coefficient (Wildman–Crippen LogP) is 6.45. The molecule has 0 saturated carbocycles. The SMILES string of the molecule is Cc1ccc(C2=NN(C(=N)S[C@@H]3CC(=O)N(c4cccc(Cl)c4)C3=O)[C@@H](c3ccc(Cl)cc3)C2)cc1. The summed E-state index contributed by atoms with van der Waals surface area (Å²) in [6.45, 7) is 2.03. The lowest BCUT2D eigenvalue weighted by atomic mass is 9.98. The van der Waals surface area contributed by atoms with Crippen LogP contribution >= 0.6 is 35.0 Å². The predicted molar refractivity (Wildman–Crippen MR) is 146 cm³/mol. The fourth-order valence-corrected chi connectivity index (χ4v) is 5.62. The van der Waals surface area contributed by atoms with Gasteiger partial charge in [-0.3, -0.25) is 15.0 Å². The van der Waals surface area contributed by atoms with Crippen LogP contribution in [0, 0.1) is 12.3 Å². The summed E-state index contributed by atoms with van der Waals surface area (Å²) in [5.74, 6) is -0.672. The topological polar surface area (TPSA) is 76.8 Å². The van der Waals surface area contributed by atoms with Gasteiger partial charge in [-0.15, -0.1) is 0 Å². The van der Waals surface area contributed by atoms with E-state index >= 15 is 0 Å². The number of benzene rings is 3. The van der Waals surface area contributed by atoms with Gasteiger partial charge in [0, 0.05) is 22.9 Å². The minimum Gasteiger partial charge on any atom is -0.277 e. The number of carbonyl (C=O) groups is 2. The van der Waals surface area contributed by atoms with Gasteiger partial charge in [0.1, 0.15) is 5.25 Å². The Morgan fingerprint density at radius 1 is 0.972 bits per heavy atom. The molecule has 182 valence electrons. The molecule has 9 heteroatoms. The largest absolute Gasteiger partial charge is 0.277 e. The number of nitrogens with zero attached hydrogens (tertiary/aromatic N) is 3. The Bertz CT molecular complexity index is 1380. The molecule has 0 spiro atoms. The molecule has 2 atom stereocenters. The van der Waals surface area contributed by atoms with Gasteiger partial charge in [-0.05, 0) is 48.4 Å². The number of nitrogens with one attached hydrogen (secondary N) is 1. The molecule has 0 radical (unpaired) electrons. The maximum atomic E-state index is 13.2. The molecule has 5 rings (SSSR count). The molecule has 0 aromatic heterocycles. The van der Waals surface area contributed by atoms with Gasteiger partial charge in [0.2, 0.25) is 11.8 Å². The third-order valence-corrected chi connectivity index (χ3v) is 7.73. The minimum absolute atomic E-state index is 0.00633. The zero-order valence-corrected chi connectivity index (χ0v) is 21.6. The Labute approximate surface area is 223 Å². The highest BCUT2D eigenvalue weighted by atomic mass is 35.5. The summed E-state index contributed by atoms with van der Waals surface area (Å²) < 4.78 is 0. The molecule has 0 aliphatic carbocycles. The summed E-state index contributed by atoms with van der Waals surface area (Å²) in [5, 5.41) is 15.8. The molecule has 0 bridgehead atoms. The number of halogens is 2. The highest BCUT2D eigenvalue weighted by Gasteiger charge is 2.42. The molecule has 0 unspecified atom stereocenters. The van der Waals surface area contributed by atoms with Crippen molar-refractivity contribution in [3.63, 3.8) is 0 Å². The van der Waals surface area contributed by atoms with Crippen LogP contribution in [0.1, 0.15) is 35.6 Å². The molecule has 2 amide bonds. The number of hydrogen-bond acceptors (Lipinski definition) is 5. The number of thioether (sulfide) groups is 1. The number of rotatable bonds is 4. The number of amides is 2. The van der Waals surface area contributed by atoms with E-state index in [1.807, 2.05) is 55.5 Å². The maximum Gasteiger partial charge on any atom is 0.247 e. The smallest absolute Gasteiger partial charge is 0.247 e. The number of imide groups is 1. The van der Waals surface area contributed by atoms with E-state index in [4.69, 9.17) is 33.7 Å². The van der Waals surface area contributed by atoms with E-state index in [1.54, 1.807) is 29.3 Å². The van der Waals surface area contributed by atoms with Crippen LogP contribution < -0.4 is 4.90 Å². The lowest BCUT2D eigenvalue weighted by Gasteiger charge is -2.24. The Hall–Kier alpha value is -3.13. The van der Waals surface area contributed by atoms with Gasteiger partial charge in [-0.1, -0.05) is 83.0 Å². The van der Waals surface area contributed by atoms with Crippen molar-refractivity contribution in [2.24, 2.45) is 5.10 Å². The first-order valence-corrected chi connectivity index (χ1v) is 13.0. The van der Waals surface area contributed by atoms with Gasteiger partial charge >= 0.3 is 0 Å². The minimum atomic E-state index is -0.714. The van der Waals surface area contributed by atoms with Crippen LogP contribution in [0.25, 0.3) is 0 Å². The van der Waals surface area contributed by atoms with Crippen LogP contribution in [0.2, 0.25) is 10.0 Å². The number of aryl methyl sites for hydroxylation is 1. The molecule has 3 aromatic rings. The van der Waals surface area contributed by atoms with E-state index < -0.39 is 5.25 Å². The summed E-state index contributed by atoms with van der Waals surface area (Å²) in [4.78, 5) is 27.0. The molecule has 6 nitrogen and oxygen atoms in total. The molecule has 3 aromatic carbocycles. The third-order valence-electron chi connectivity index (χ3n) is 6.18. The molecule has 2 aliphatic heterocycles. The van der Waals surface area contributed by atoms with E-state index in [0.29, 0.717) is 22.2 Å². The zero-order valence-electron chi connectivity index (χ0n) is 19.3. The van der Waals surface area contributed by atoms with Crippen LogP contribution in [-0.2, 0) is 9.59 Å². The van der Waals surface area contributed by atoms with Crippen LogP contribution in [0.3, 0.4) is 0 Å². The summed E-state index contributed by atoms with van der Waals surface area (Å²) in [7, 11) is 0. The maximum absolute atomic E-state index is 13.2. The molecule has 1 fully saturated rings. The van der Waals surface area contributed by atoms with Gasteiger partial charge < -0.3 is 0 Å². The fourth-order valence-electron chi connectivity index (χ4n) is 4.33. The van der Waals surface area contributed by atoms with Crippen molar-refractivity contribution in [2.75, 3.05) is 4.90 Å². The molecule has 2 aliphatic rings. The monoisotopic (exact) mass is 536 g/mol. The molecular weight excluding hydrogens is 515 g/mol. The Morgan fingerprint density at radius 2 is 1.69 bits per heavy atom. The molecular formula is C27H22Cl2N4O2S. The highest BCUT2D eigenvalue weighted by molar-refractivity contribution is 8.14. The summed E-state index contributed by atoms with van der Waals surface area (Å²) in [6.07, 6.45) is 0.603. The first-order valence-electron chi connectivity index (χ1n) is 11.4. The third kappa shape index (κ3) is 4.91. The standard InChI is InChI=1S/C27H22Cl2N4O2S/c1-16-5-7-17(8-6-16)22-14-23(18-9-11-19(28)12-10-18)33(31-22)27(30)36-24-15-25(34)32(26(24)35)21-4-2-3-20(29)13-21/h2-13,23-24,30H,14-15H2,1H3/t23-,24-/m1/s1. The lowest BCUT2D eigenvalue weighted by Crippen LogP contribution is -2.32. The van der Waals surface area contributed by atoms with E-state index in [2.05, 4.69) is 0 Å². The second-order valence-corrected chi connectivity index (χ2v) is 10.8. The van der Waals surface area contributed by atoms with Crippen LogP contribution in [-0.4, -0.2) is 33.0 Å². The summed E-state index contributed by atoms with van der Waals surface area (Å²) in [5.41, 5.74) is 4.39. The second-order valence-electron chi connectivity index (χ2n) is 8.69. The van der Waals surface area contributed by atoms with Crippen molar-refractivity contribution in [2.45, 2.75) is 31.1 Å². The van der Waals surface area contributed by atoms with Crippen LogP contribution in [0.5, 0.6) is 0 Å². The number of carbonyl (C=O) groups excluding carboxylic acids is 2. The van der Waals surface area contributed by atoms with Crippen molar-refractivity contribution in [3.05, 3.63) is 99.5 Å². The van der Waals surface area contributed by atoms with Gasteiger partial charge in [0.05, 0.1) is 17.4 Å². The van der Waals surface area contributed by atoms with Crippen molar-refractivity contribution >= 4 is 63.3 Å². The lowest BCUT2D eigenvalue weighted by molar-refractivity contribution is -0.121. The quantitative estimate of drug-likeness (QED) is 0.236. The number of hydrogen-bond donors (Lipinski definition) is 1. The van der Waals surface area contributed by atoms with Crippen LogP contribution in [0.4, 0.5) is 5.69 Å². The van der Waals surface area contributed by atoms with Gasteiger partial charge in [0.15, 0.2) is 5.17 Å². The molecule has 1 N–H and O–H groups in total. The van der Waals surface area contributed by atoms with Gasteiger partial charge in [-0.25, -0.2) is 9.91 Å². The van der Waals surface area contributed by atoms with E-state index in [-0.39, 0.29) is 29.4 Å². The molecule has 36 heavy (non-hydrogen) atoms. The van der Waals surface area contributed by atoms with Crippen molar-refractivity contribution in [1.29, 1.82) is 5.41 Å². The Morgan fingerprint density at radius 3 is 2.39 bits per heavy atom. The Balaban J connectivity index is 1.40. The molecule has 2 heterocycles. The van der Waals surface area contributed by atoms with E-state index in [9.17, 15) is 9.59 Å². The average molecular weight is 537 g/mol. The highest BCUT2D eigenvalue weighted by Crippen LogP contribution is 2.38. The van der Waals surface area contributed by atoms with E-state index in [0.717, 1.165) is 39.1 Å². The summed E-state index contributed by atoms with van der Waals surface area (Å²) in [6, 6.07) is 22.0. The molecule has 1 saturated heterocycles. The Kier molecular flexibility index (Phi) is 6.88. The van der Waals surface area contributed by atoms with Crippen LogP contribution in [0.15, 0.2) is 77.9 Å². The normalized spacial score (nSPS) is 19.7. The fraction of sp³-hybridized carbons (Fsp3) is 0.185. The number of hydrazone groups is 1. The first kappa shape index (κ1) is 24.6. The van der Waals surface area contributed by atoms with Gasteiger partial charge in [-0.2, -0.15) is 5.10 Å². The van der Waals surface area contributed by atoms with Crippen molar-refractivity contribution in [1.82, 2.24) is 5.01 Å². The number of amidine groups is 1.